The molecule has 0 saturated heterocycles. The van der Waals surface area contributed by atoms with Crippen molar-refractivity contribution >= 4 is 11.9 Å². The molecule has 0 amide bonds. The normalized spacial score (nSPS) is 13.1. The van der Waals surface area contributed by atoms with Crippen molar-refractivity contribution in [2.45, 2.75) is 24.7 Å². The molecule has 0 fully saturated rings. The van der Waals surface area contributed by atoms with Crippen LogP contribution < -0.4 is 16.2 Å². The maximum absolute atomic E-state index is 14.0. The summed E-state index contributed by atoms with van der Waals surface area (Å²) in [4.78, 5) is 18.8. The Hall–Kier alpha value is -4.51. The number of ether oxygens (including phenoxy) is 1. The highest BCUT2D eigenvalue weighted by Gasteiger charge is 2.43. The first kappa shape index (κ1) is 26.6. The number of hydrogen-bond donors (Lipinski definition) is 3. The summed E-state index contributed by atoms with van der Waals surface area (Å²) in [7, 11) is 0. The number of nitrogen functional groups attached to an aromatic ring is 1. The van der Waals surface area contributed by atoms with Crippen LogP contribution in [0.5, 0.6) is 5.88 Å². The number of carboxylic acids is 1. The average Bonchev–Trinajstić information content (AvgIpc) is 2.87. The topological polar surface area (TPSA) is 124 Å². The monoisotopic (exact) mass is 526 g/mol. The van der Waals surface area contributed by atoms with Crippen LogP contribution in [-0.2, 0) is 11.2 Å². The third-order valence-corrected chi connectivity index (χ3v) is 5.65. The fraction of sp³-hybridized carbons (Fsp3) is 0.148. The zero-order chi connectivity index (χ0) is 27.4. The van der Waals surface area contributed by atoms with E-state index in [1.165, 1.54) is 48.5 Å². The number of halogens is 4. The lowest BCUT2D eigenvalue weighted by molar-refractivity contribution is -0.198. The van der Waals surface area contributed by atoms with Crippen LogP contribution in [0.15, 0.2) is 78.9 Å². The second-order valence-corrected chi connectivity index (χ2v) is 8.47. The Labute approximate surface area is 214 Å². The van der Waals surface area contributed by atoms with Crippen LogP contribution in [0.2, 0.25) is 0 Å². The van der Waals surface area contributed by atoms with Crippen molar-refractivity contribution in [3.05, 3.63) is 95.8 Å². The standard InChI is InChI=1S/C27H22F4N4O3/c28-20-3-1-2-19(13-20)16-8-10-18(11-9-16)24(27(29,30)31)38-23-14-22(34-26(33)35-23)17-6-4-15(5-7-17)12-21(32)25(36)37/h1-11,13-14,21,24H,12,32H2,(H,36,37)(H2,33,34,35)/t21-,24?/m1/s1. The largest absolute Gasteiger partial charge is 0.480 e. The number of carboxylic acid groups (broad SMARTS) is 1. The van der Waals surface area contributed by atoms with Gasteiger partial charge in [0.2, 0.25) is 17.9 Å². The average molecular weight is 526 g/mol. The van der Waals surface area contributed by atoms with Crippen LogP contribution >= 0.6 is 0 Å². The second kappa shape index (κ2) is 10.9. The summed E-state index contributed by atoms with van der Waals surface area (Å²) in [5, 5.41) is 8.96. The minimum atomic E-state index is -4.79. The molecule has 0 aliphatic rings. The number of hydrogen-bond acceptors (Lipinski definition) is 6. The number of nitrogens with zero attached hydrogens (tertiary/aromatic N) is 2. The molecule has 0 bridgehead atoms. The Morgan fingerprint density at radius 1 is 0.921 bits per heavy atom. The van der Waals surface area contributed by atoms with Gasteiger partial charge in [0.25, 0.3) is 0 Å². The van der Waals surface area contributed by atoms with Gasteiger partial charge in [0.1, 0.15) is 11.9 Å². The van der Waals surface area contributed by atoms with E-state index in [1.807, 2.05) is 0 Å². The predicted octanol–water partition coefficient (Wildman–Crippen LogP) is 5.17. The van der Waals surface area contributed by atoms with Crippen LogP contribution in [0.25, 0.3) is 22.4 Å². The molecule has 0 aliphatic heterocycles. The van der Waals surface area contributed by atoms with E-state index in [1.54, 1.807) is 30.3 Å². The van der Waals surface area contributed by atoms with Crippen molar-refractivity contribution in [1.82, 2.24) is 9.97 Å². The van der Waals surface area contributed by atoms with Gasteiger partial charge in [-0.2, -0.15) is 18.2 Å². The third kappa shape index (κ3) is 6.43. The number of aliphatic carboxylic acids is 1. The molecular weight excluding hydrogens is 504 g/mol. The molecule has 1 heterocycles. The van der Waals surface area contributed by atoms with Gasteiger partial charge in [0.05, 0.1) is 5.69 Å². The van der Waals surface area contributed by atoms with Crippen molar-refractivity contribution in [3.8, 4) is 28.3 Å². The van der Waals surface area contributed by atoms with Gasteiger partial charge in [-0.15, -0.1) is 0 Å². The van der Waals surface area contributed by atoms with Crippen LogP contribution in [0.1, 0.15) is 17.2 Å². The van der Waals surface area contributed by atoms with Crippen molar-refractivity contribution in [2.24, 2.45) is 5.73 Å². The minimum Gasteiger partial charge on any atom is -0.480 e. The molecule has 0 aliphatic carbocycles. The highest BCUT2D eigenvalue weighted by atomic mass is 19.4. The fourth-order valence-electron chi connectivity index (χ4n) is 3.77. The van der Waals surface area contributed by atoms with Gasteiger partial charge in [-0.3, -0.25) is 4.79 Å². The molecule has 4 rings (SSSR count). The quantitative estimate of drug-likeness (QED) is 0.271. The first-order valence-electron chi connectivity index (χ1n) is 11.3. The summed E-state index contributed by atoms with van der Waals surface area (Å²) in [5.41, 5.74) is 13.5. The van der Waals surface area contributed by atoms with Crippen LogP contribution in [0.3, 0.4) is 0 Å². The van der Waals surface area contributed by atoms with E-state index in [-0.39, 0.29) is 29.5 Å². The molecule has 7 nitrogen and oxygen atoms in total. The van der Waals surface area contributed by atoms with E-state index in [4.69, 9.17) is 21.3 Å². The number of alkyl halides is 3. The molecule has 196 valence electrons. The summed E-state index contributed by atoms with van der Waals surface area (Å²) in [6.07, 6.45) is -7.04. The lowest BCUT2D eigenvalue weighted by atomic mass is 10.0. The number of carbonyl (C=O) groups is 1. The molecule has 5 N–H and O–H groups in total. The van der Waals surface area contributed by atoms with Crippen molar-refractivity contribution in [1.29, 1.82) is 0 Å². The lowest BCUT2D eigenvalue weighted by Gasteiger charge is -2.22. The molecule has 0 radical (unpaired) electrons. The molecule has 11 heteroatoms. The van der Waals surface area contributed by atoms with E-state index in [0.29, 0.717) is 22.3 Å². The molecule has 0 spiro atoms. The number of benzene rings is 3. The van der Waals surface area contributed by atoms with Crippen LogP contribution in [0, 0.1) is 5.82 Å². The van der Waals surface area contributed by atoms with Crippen molar-refractivity contribution < 1.29 is 32.2 Å². The number of anilines is 1. The predicted molar refractivity (Wildman–Crippen MR) is 132 cm³/mol. The van der Waals surface area contributed by atoms with E-state index < -0.39 is 30.1 Å². The number of aromatic nitrogens is 2. The fourth-order valence-corrected chi connectivity index (χ4v) is 3.77. The summed E-state index contributed by atoms with van der Waals surface area (Å²) in [6.45, 7) is 0. The van der Waals surface area contributed by atoms with E-state index in [2.05, 4.69) is 9.97 Å². The Kier molecular flexibility index (Phi) is 7.58. The zero-order valence-corrected chi connectivity index (χ0v) is 19.7. The number of rotatable bonds is 8. The van der Waals surface area contributed by atoms with Crippen molar-refractivity contribution in [2.75, 3.05) is 5.73 Å². The first-order valence-corrected chi connectivity index (χ1v) is 11.3. The minimum absolute atomic E-state index is 0.0984. The SMILES string of the molecule is Nc1nc(OC(c2ccc(-c3cccc(F)c3)cc2)C(F)(F)F)cc(-c2ccc(C[C@@H](N)C(=O)O)cc2)n1. The molecule has 1 aromatic heterocycles. The first-order chi connectivity index (χ1) is 18.0. The summed E-state index contributed by atoms with van der Waals surface area (Å²) in [5.74, 6) is -2.28. The Balaban J connectivity index is 1.58. The molecule has 38 heavy (non-hydrogen) atoms. The van der Waals surface area contributed by atoms with Crippen LogP contribution in [-0.4, -0.2) is 33.3 Å². The Bertz CT molecular complexity index is 1430. The van der Waals surface area contributed by atoms with Gasteiger partial charge in [0.15, 0.2) is 0 Å². The highest BCUT2D eigenvalue weighted by molar-refractivity contribution is 5.73. The molecule has 4 aromatic rings. The zero-order valence-electron chi connectivity index (χ0n) is 19.7. The van der Waals surface area contributed by atoms with Gasteiger partial charge in [-0.05, 0) is 35.2 Å². The van der Waals surface area contributed by atoms with E-state index in [0.717, 1.165) is 0 Å². The maximum Gasteiger partial charge on any atom is 0.429 e. The van der Waals surface area contributed by atoms with Gasteiger partial charge in [0, 0.05) is 17.2 Å². The second-order valence-electron chi connectivity index (χ2n) is 8.47. The number of nitrogens with two attached hydrogens (primary N) is 2. The molecule has 2 atom stereocenters. The highest BCUT2D eigenvalue weighted by Crippen LogP contribution is 2.38. The van der Waals surface area contributed by atoms with Gasteiger partial charge in [-0.25, -0.2) is 9.37 Å². The van der Waals surface area contributed by atoms with Gasteiger partial charge >= 0.3 is 12.1 Å². The Morgan fingerprint density at radius 3 is 2.18 bits per heavy atom. The van der Waals surface area contributed by atoms with E-state index in [9.17, 15) is 22.4 Å². The van der Waals surface area contributed by atoms with Gasteiger partial charge in [-0.1, -0.05) is 60.7 Å². The summed E-state index contributed by atoms with van der Waals surface area (Å²) >= 11 is 0. The van der Waals surface area contributed by atoms with Crippen LogP contribution in [0.4, 0.5) is 23.5 Å². The molecule has 3 aromatic carbocycles. The van der Waals surface area contributed by atoms with E-state index >= 15 is 0 Å². The maximum atomic E-state index is 14.0. The van der Waals surface area contributed by atoms with Crippen molar-refractivity contribution in [3.63, 3.8) is 0 Å². The lowest BCUT2D eigenvalue weighted by Crippen LogP contribution is -2.32. The molecule has 1 unspecified atom stereocenters. The summed E-state index contributed by atoms with van der Waals surface area (Å²) < 4.78 is 60.8. The smallest absolute Gasteiger partial charge is 0.429 e. The molecule has 0 saturated carbocycles. The summed E-state index contributed by atoms with van der Waals surface area (Å²) in [6, 6.07) is 17.8. The third-order valence-electron chi connectivity index (χ3n) is 5.65. The molecular formula is C27H22F4N4O3. The Morgan fingerprint density at radius 2 is 1.58 bits per heavy atom. The van der Waals surface area contributed by atoms with Gasteiger partial charge < -0.3 is 21.3 Å².